The smallest absolute Gasteiger partial charge is 0.225 e. The molecule has 2 heterocycles. The first-order chi connectivity index (χ1) is 9.99. The van der Waals surface area contributed by atoms with Crippen molar-refractivity contribution >= 4 is 11.8 Å². The lowest BCUT2D eigenvalue weighted by Gasteiger charge is -2.23. The normalized spacial score (nSPS) is 12.3. The van der Waals surface area contributed by atoms with Gasteiger partial charge in [0.15, 0.2) is 0 Å². The summed E-state index contributed by atoms with van der Waals surface area (Å²) in [5, 5.41) is 3.41. The van der Waals surface area contributed by atoms with Crippen molar-refractivity contribution < 1.29 is 0 Å². The summed E-state index contributed by atoms with van der Waals surface area (Å²) < 4.78 is 0. The number of rotatable bonds is 5. The third-order valence-electron chi connectivity index (χ3n) is 3.33. The van der Waals surface area contributed by atoms with Crippen LogP contribution in [0.4, 0.5) is 11.8 Å². The molecule has 112 valence electrons. The molecule has 0 aliphatic heterocycles. The highest BCUT2D eigenvalue weighted by atomic mass is 15.2. The van der Waals surface area contributed by atoms with E-state index in [1.54, 1.807) is 0 Å². The van der Waals surface area contributed by atoms with Gasteiger partial charge in [0.05, 0.1) is 11.7 Å². The second-order valence-electron chi connectivity index (χ2n) is 5.72. The van der Waals surface area contributed by atoms with Crippen molar-refractivity contribution in [3.8, 4) is 0 Å². The molecule has 0 amide bonds. The Morgan fingerprint density at radius 3 is 2.48 bits per heavy atom. The molecule has 2 rings (SSSR count). The van der Waals surface area contributed by atoms with Crippen LogP contribution in [-0.2, 0) is 0 Å². The SMILES string of the molecule is Cc1cnc(N[C@@H](c2ccccn2)C(C)C)nc1N(C)C. The zero-order valence-electron chi connectivity index (χ0n) is 13.3. The highest BCUT2D eigenvalue weighted by Gasteiger charge is 2.18. The molecule has 5 nitrogen and oxygen atoms in total. The van der Waals surface area contributed by atoms with Crippen LogP contribution < -0.4 is 10.2 Å². The van der Waals surface area contributed by atoms with Gasteiger partial charge in [0.1, 0.15) is 5.82 Å². The molecule has 0 bridgehead atoms. The third kappa shape index (κ3) is 3.68. The number of pyridine rings is 1. The number of nitrogens with one attached hydrogen (secondary N) is 1. The summed E-state index contributed by atoms with van der Waals surface area (Å²) in [6.07, 6.45) is 3.66. The van der Waals surface area contributed by atoms with E-state index in [4.69, 9.17) is 0 Å². The van der Waals surface area contributed by atoms with Crippen molar-refractivity contribution in [1.82, 2.24) is 15.0 Å². The lowest BCUT2D eigenvalue weighted by Crippen LogP contribution is -2.21. The summed E-state index contributed by atoms with van der Waals surface area (Å²) in [4.78, 5) is 15.4. The fourth-order valence-corrected chi connectivity index (χ4v) is 2.24. The molecule has 0 saturated heterocycles. The molecule has 5 heteroatoms. The first kappa shape index (κ1) is 15.2. The first-order valence-corrected chi connectivity index (χ1v) is 7.17. The number of nitrogens with zero attached hydrogens (tertiary/aromatic N) is 4. The molecule has 2 aromatic rings. The van der Waals surface area contributed by atoms with E-state index in [1.807, 2.05) is 56.5 Å². The fraction of sp³-hybridized carbons (Fsp3) is 0.438. The molecule has 0 unspecified atom stereocenters. The summed E-state index contributed by atoms with van der Waals surface area (Å²) in [6, 6.07) is 6.04. The van der Waals surface area contributed by atoms with Crippen LogP contribution in [0.5, 0.6) is 0 Å². The van der Waals surface area contributed by atoms with Gasteiger partial charge in [-0.3, -0.25) is 4.98 Å². The van der Waals surface area contributed by atoms with E-state index < -0.39 is 0 Å². The molecule has 0 saturated carbocycles. The van der Waals surface area contributed by atoms with Crippen molar-refractivity contribution in [3.05, 3.63) is 41.9 Å². The zero-order chi connectivity index (χ0) is 15.4. The van der Waals surface area contributed by atoms with Crippen LogP contribution in [0.3, 0.4) is 0 Å². The molecule has 21 heavy (non-hydrogen) atoms. The van der Waals surface area contributed by atoms with Crippen LogP contribution in [0.2, 0.25) is 0 Å². The Hall–Kier alpha value is -2.17. The maximum absolute atomic E-state index is 4.60. The van der Waals surface area contributed by atoms with E-state index in [9.17, 15) is 0 Å². The van der Waals surface area contributed by atoms with Gasteiger partial charge < -0.3 is 10.2 Å². The molecule has 0 aliphatic carbocycles. The molecule has 2 aromatic heterocycles. The van der Waals surface area contributed by atoms with Gasteiger partial charge in [-0.15, -0.1) is 0 Å². The van der Waals surface area contributed by atoms with Crippen molar-refractivity contribution in [2.45, 2.75) is 26.8 Å². The van der Waals surface area contributed by atoms with Crippen molar-refractivity contribution in [3.63, 3.8) is 0 Å². The largest absolute Gasteiger partial charge is 0.362 e. The minimum absolute atomic E-state index is 0.0870. The minimum Gasteiger partial charge on any atom is -0.362 e. The second-order valence-corrected chi connectivity index (χ2v) is 5.72. The predicted molar refractivity (Wildman–Crippen MR) is 86.5 cm³/mol. The minimum atomic E-state index is 0.0870. The molecule has 1 N–H and O–H groups in total. The summed E-state index contributed by atoms with van der Waals surface area (Å²) in [5.74, 6) is 1.94. The van der Waals surface area contributed by atoms with Gasteiger partial charge in [0.2, 0.25) is 5.95 Å². The summed E-state index contributed by atoms with van der Waals surface area (Å²) in [6.45, 7) is 6.33. The van der Waals surface area contributed by atoms with Gasteiger partial charge >= 0.3 is 0 Å². The number of hydrogen-bond acceptors (Lipinski definition) is 5. The van der Waals surface area contributed by atoms with Gasteiger partial charge in [-0.1, -0.05) is 19.9 Å². The monoisotopic (exact) mass is 285 g/mol. The van der Waals surface area contributed by atoms with Crippen molar-refractivity contribution in [1.29, 1.82) is 0 Å². The Morgan fingerprint density at radius 1 is 1.14 bits per heavy atom. The van der Waals surface area contributed by atoms with E-state index in [1.165, 1.54) is 0 Å². The average molecular weight is 285 g/mol. The Kier molecular flexibility index (Phi) is 4.73. The zero-order valence-corrected chi connectivity index (χ0v) is 13.3. The Morgan fingerprint density at radius 2 is 1.90 bits per heavy atom. The van der Waals surface area contributed by atoms with Crippen LogP contribution in [0.15, 0.2) is 30.6 Å². The van der Waals surface area contributed by atoms with E-state index >= 15 is 0 Å². The fourth-order valence-electron chi connectivity index (χ4n) is 2.24. The summed E-state index contributed by atoms with van der Waals surface area (Å²) >= 11 is 0. The Balaban J connectivity index is 2.28. The van der Waals surface area contributed by atoms with Crippen LogP contribution in [0, 0.1) is 12.8 Å². The van der Waals surface area contributed by atoms with Crippen LogP contribution >= 0.6 is 0 Å². The molecule has 1 atom stereocenters. The second kappa shape index (κ2) is 6.52. The standard InChI is InChI=1S/C16H23N5/c1-11(2)14(13-8-6-7-9-17-13)19-16-18-10-12(3)15(20-16)21(4)5/h6-11,14H,1-5H3,(H,18,19,20)/t14-/m1/s1. The van der Waals surface area contributed by atoms with Gasteiger partial charge in [-0.2, -0.15) is 4.98 Å². The van der Waals surface area contributed by atoms with Gasteiger partial charge in [-0.25, -0.2) is 4.98 Å². The molecule has 0 aliphatic rings. The molecule has 0 radical (unpaired) electrons. The molecule has 0 spiro atoms. The van der Waals surface area contributed by atoms with Crippen LogP contribution in [-0.4, -0.2) is 29.0 Å². The number of hydrogen-bond donors (Lipinski definition) is 1. The highest BCUT2D eigenvalue weighted by molar-refractivity contribution is 5.48. The Labute approximate surface area is 126 Å². The van der Waals surface area contributed by atoms with E-state index in [2.05, 4.69) is 34.1 Å². The van der Waals surface area contributed by atoms with Crippen LogP contribution in [0.1, 0.15) is 31.1 Å². The topological polar surface area (TPSA) is 53.9 Å². The van der Waals surface area contributed by atoms with Crippen molar-refractivity contribution in [2.24, 2.45) is 5.92 Å². The molecular formula is C16H23N5. The van der Waals surface area contributed by atoms with Gasteiger partial charge in [0.25, 0.3) is 0 Å². The van der Waals surface area contributed by atoms with Gasteiger partial charge in [0, 0.05) is 32.1 Å². The summed E-state index contributed by atoms with van der Waals surface area (Å²) in [7, 11) is 3.97. The third-order valence-corrected chi connectivity index (χ3v) is 3.33. The molecule has 0 aromatic carbocycles. The lowest BCUT2D eigenvalue weighted by atomic mass is 10.0. The number of aryl methyl sites for hydroxylation is 1. The average Bonchev–Trinajstić information content (AvgIpc) is 2.46. The lowest BCUT2D eigenvalue weighted by molar-refractivity contribution is 0.531. The number of anilines is 2. The number of aromatic nitrogens is 3. The van der Waals surface area contributed by atoms with E-state index in [0.717, 1.165) is 17.1 Å². The first-order valence-electron chi connectivity index (χ1n) is 7.17. The van der Waals surface area contributed by atoms with Gasteiger partial charge in [-0.05, 0) is 25.0 Å². The maximum atomic E-state index is 4.60. The maximum Gasteiger partial charge on any atom is 0.225 e. The molecular weight excluding hydrogens is 262 g/mol. The van der Waals surface area contributed by atoms with Crippen molar-refractivity contribution in [2.75, 3.05) is 24.3 Å². The molecule has 0 fully saturated rings. The predicted octanol–water partition coefficient (Wildman–Crippen LogP) is 3.06. The Bertz CT molecular complexity index is 580. The van der Waals surface area contributed by atoms with E-state index in [-0.39, 0.29) is 6.04 Å². The van der Waals surface area contributed by atoms with Crippen LogP contribution in [0.25, 0.3) is 0 Å². The van der Waals surface area contributed by atoms with E-state index in [0.29, 0.717) is 11.9 Å². The highest BCUT2D eigenvalue weighted by Crippen LogP contribution is 2.24. The summed E-state index contributed by atoms with van der Waals surface area (Å²) in [5.41, 5.74) is 2.06. The quantitative estimate of drug-likeness (QED) is 0.915.